The number of rotatable bonds is 3. The van der Waals surface area contributed by atoms with Crippen molar-refractivity contribution in [2.75, 3.05) is 26.2 Å². The highest BCUT2D eigenvalue weighted by molar-refractivity contribution is 6.16. The lowest BCUT2D eigenvalue weighted by atomic mass is 10.2. The van der Waals surface area contributed by atoms with Crippen LogP contribution in [-0.4, -0.2) is 46.3 Å². The average Bonchev–Trinajstić information content (AvgIpc) is 2.78. The van der Waals surface area contributed by atoms with E-state index in [1.807, 2.05) is 0 Å². The smallest absolute Gasteiger partial charge is 0.180 e. The van der Waals surface area contributed by atoms with Crippen LogP contribution in [-0.2, 0) is 10.6 Å². The lowest BCUT2D eigenvalue weighted by Gasteiger charge is -2.30. The molecule has 1 fully saturated rings. The third kappa shape index (κ3) is 2.48. The Morgan fingerprint density at radius 3 is 3.20 bits per heavy atom. The summed E-state index contributed by atoms with van der Waals surface area (Å²) in [5.74, 6) is 1.77. The third-order valence-corrected chi connectivity index (χ3v) is 2.81. The first-order valence-corrected chi connectivity index (χ1v) is 5.68. The van der Waals surface area contributed by atoms with Crippen molar-refractivity contribution in [2.45, 2.75) is 18.9 Å². The first kappa shape index (κ1) is 10.9. The fourth-order valence-electron chi connectivity index (χ4n) is 1.66. The van der Waals surface area contributed by atoms with Crippen molar-refractivity contribution < 1.29 is 4.74 Å². The molecule has 2 rings (SSSR count). The van der Waals surface area contributed by atoms with E-state index in [9.17, 15) is 0 Å². The summed E-state index contributed by atoms with van der Waals surface area (Å²) in [5, 5.41) is 6.90. The number of alkyl halides is 1. The number of aromatic nitrogens is 3. The van der Waals surface area contributed by atoms with Gasteiger partial charge in [0, 0.05) is 13.1 Å². The number of halogens is 1. The van der Waals surface area contributed by atoms with Gasteiger partial charge < -0.3 is 4.74 Å². The molecule has 1 aromatic rings. The summed E-state index contributed by atoms with van der Waals surface area (Å²) >= 11 is 5.65. The second kappa shape index (κ2) is 4.92. The third-order valence-electron chi connectivity index (χ3n) is 2.56. The van der Waals surface area contributed by atoms with Crippen LogP contribution in [0.2, 0.25) is 0 Å². The lowest BCUT2D eigenvalue weighted by Crippen LogP contribution is -2.38. The Labute approximate surface area is 93.8 Å². The van der Waals surface area contributed by atoms with Crippen LogP contribution in [0.3, 0.4) is 0 Å². The SMILES string of the molecule is CCN1CCOC(c2n[nH]c(CCl)n2)C1. The highest BCUT2D eigenvalue weighted by Gasteiger charge is 2.24. The molecular weight excluding hydrogens is 216 g/mol. The molecule has 1 aliphatic rings. The molecule has 5 nitrogen and oxygen atoms in total. The van der Waals surface area contributed by atoms with Crippen molar-refractivity contribution in [3.8, 4) is 0 Å². The number of nitrogens with zero attached hydrogens (tertiary/aromatic N) is 3. The molecule has 0 bridgehead atoms. The molecule has 84 valence electrons. The maximum absolute atomic E-state index is 5.65. The van der Waals surface area contributed by atoms with E-state index in [4.69, 9.17) is 16.3 Å². The second-order valence-electron chi connectivity index (χ2n) is 3.53. The van der Waals surface area contributed by atoms with Crippen LogP contribution >= 0.6 is 11.6 Å². The van der Waals surface area contributed by atoms with Crippen LogP contribution in [0.4, 0.5) is 0 Å². The first-order valence-electron chi connectivity index (χ1n) is 5.14. The zero-order valence-corrected chi connectivity index (χ0v) is 9.50. The second-order valence-corrected chi connectivity index (χ2v) is 3.79. The molecule has 0 saturated carbocycles. The molecule has 1 saturated heterocycles. The number of H-pyrrole nitrogens is 1. The molecule has 0 aromatic carbocycles. The van der Waals surface area contributed by atoms with Gasteiger partial charge in [0.25, 0.3) is 0 Å². The van der Waals surface area contributed by atoms with Gasteiger partial charge in [0.15, 0.2) is 5.82 Å². The number of nitrogens with one attached hydrogen (secondary N) is 1. The van der Waals surface area contributed by atoms with E-state index in [1.165, 1.54) is 0 Å². The van der Waals surface area contributed by atoms with Crippen LogP contribution in [0.15, 0.2) is 0 Å². The molecule has 1 N–H and O–H groups in total. The Hall–Kier alpha value is -0.650. The minimum Gasteiger partial charge on any atom is -0.367 e. The standard InChI is InChI=1S/C9H15ClN4O/c1-2-14-3-4-15-7(6-14)9-11-8(5-10)12-13-9/h7H,2-6H2,1H3,(H,11,12,13). The van der Waals surface area contributed by atoms with Crippen LogP contribution in [0.5, 0.6) is 0 Å². The van der Waals surface area contributed by atoms with E-state index in [2.05, 4.69) is 27.0 Å². The molecule has 0 radical (unpaired) electrons. The van der Waals surface area contributed by atoms with Gasteiger partial charge >= 0.3 is 0 Å². The predicted molar refractivity (Wildman–Crippen MR) is 56.7 cm³/mol. The summed E-state index contributed by atoms with van der Waals surface area (Å²) in [6.07, 6.45) is -0.0214. The number of aromatic amines is 1. The topological polar surface area (TPSA) is 54.0 Å². The summed E-state index contributed by atoms with van der Waals surface area (Å²) < 4.78 is 5.62. The van der Waals surface area contributed by atoms with Gasteiger partial charge in [-0.15, -0.1) is 11.6 Å². The molecule has 2 heterocycles. The predicted octanol–water partition coefficient (Wildman–Crippen LogP) is 0.937. The normalized spacial score (nSPS) is 23.2. The quantitative estimate of drug-likeness (QED) is 0.786. The Bertz CT molecular complexity index is 317. The van der Waals surface area contributed by atoms with Gasteiger partial charge in [0.05, 0.1) is 12.5 Å². The van der Waals surface area contributed by atoms with E-state index >= 15 is 0 Å². The van der Waals surface area contributed by atoms with Crippen LogP contribution < -0.4 is 0 Å². The molecule has 15 heavy (non-hydrogen) atoms. The van der Waals surface area contributed by atoms with Gasteiger partial charge in [-0.25, -0.2) is 4.98 Å². The molecule has 1 aliphatic heterocycles. The highest BCUT2D eigenvalue weighted by atomic mass is 35.5. The Kier molecular flexibility index (Phi) is 3.56. The minimum atomic E-state index is -0.0214. The molecule has 1 atom stereocenters. The first-order chi connectivity index (χ1) is 7.33. The molecule has 1 unspecified atom stereocenters. The maximum Gasteiger partial charge on any atom is 0.180 e. The highest BCUT2D eigenvalue weighted by Crippen LogP contribution is 2.18. The summed E-state index contributed by atoms with van der Waals surface area (Å²) in [7, 11) is 0. The number of likely N-dealkylation sites (N-methyl/N-ethyl adjacent to an activating group) is 1. The molecule has 6 heteroatoms. The molecule has 0 amide bonds. The number of ether oxygens (including phenoxy) is 1. The van der Waals surface area contributed by atoms with Crippen LogP contribution in [0.1, 0.15) is 24.7 Å². The molecular formula is C9H15ClN4O. The van der Waals surface area contributed by atoms with E-state index in [0.29, 0.717) is 17.5 Å². The van der Waals surface area contributed by atoms with Gasteiger partial charge in [0.1, 0.15) is 11.9 Å². The van der Waals surface area contributed by atoms with E-state index in [0.717, 1.165) is 26.2 Å². The minimum absolute atomic E-state index is 0.0214. The Morgan fingerprint density at radius 2 is 2.53 bits per heavy atom. The monoisotopic (exact) mass is 230 g/mol. The molecule has 0 aliphatic carbocycles. The van der Waals surface area contributed by atoms with Gasteiger partial charge in [-0.3, -0.25) is 10.00 Å². The summed E-state index contributed by atoms with van der Waals surface area (Å²) in [5.41, 5.74) is 0. The van der Waals surface area contributed by atoms with Crippen molar-refractivity contribution >= 4 is 11.6 Å². The van der Waals surface area contributed by atoms with Crippen molar-refractivity contribution in [1.29, 1.82) is 0 Å². The van der Waals surface area contributed by atoms with Crippen molar-refractivity contribution in [2.24, 2.45) is 0 Å². The van der Waals surface area contributed by atoms with Gasteiger partial charge in [-0.2, -0.15) is 5.10 Å². The van der Waals surface area contributed by atoms with Crippen molar-refractivity contribution in [3.63, 3.8) is 0 Å². The zero-order chi connectivity index (χ0) is 10.7. The van der Waals surface area contributed by atoms with Gasteiger partial charge in [-0.1, -0.05) is 6.92 Å². The Morgan fingerprint density at radius 1 is 1.67 bits per heavy atom. The van der Waals surface area contributed by atoms with Crippen LogP contribution in [0.25, 0.3) is 0 Å². The number of hydrogen-bond donors (Lipinski definition) is 1. The largest absolute Gasteiger partial charge is 0.367 e. The van der Waals surface area contributed by atoms with Crippen molar-refractivity contribution in [3.05, 3.63) is 11.6 Å². The summed E-state index contributed by atoms with van der Waals surface area (Å²) in [6, 6.07) is 0. The maximum atomic E-state index is 5.65. The van der Waals surface area contributed by atoms with Crippen molar-refractivity contribution in [1.82, 2.24) is 20.1 Å². The van der Waals surface area contributed by atoms with Gasteiger partial charge in [0.2, 0.25) is 0 Å². The fourth-order valence-corrected chi connectivity index (χ4v) is 1.78. The number of hydrogen-bond acceptors (Lipinski definition) is 4. The average molecular weight is 231 g/mol. The van der Waals surface area contributed by atoms with Crippen LogP contribution in [0, 0.1) is 0 Å². The summed E-state index contributed by atoms with van der Waals surface area (Å²) in [4.78, 5) is 6.60. The molecule has 1 aromatic heterocycles. The van der Waals surface area contributed by atoms with E-state index in [1.54, 1.807) is 0 Å². The Balaban J connectivity index is 2.03. The lowest BCUT2D eigenvalue weighted by molar-refractivity contribution is -0.0324. The van der Waals surface area contributed by atoms with E-state index < -0.39 is 0 Å². The zero-order valence-electron chi connectivity index (χ0n) is 8.74. The molecule has 0 spiro atoms. The van der Waals surface area contributed by atoms with Gasteiger partial charge in [-0.05, 0) is 6.54 Å². The summed E-state index contributed by atoms with van der Waals surface area (Å²) in [6.45, 7) is 5.76. The number of morpholine rings is 1. The van der Waals surface area contributed by atoms with E-state index in [-0.39, 0.29) is 6.10 Å². The fraction of sp³-hybridized carbons (Fsp3) is 0.778.